The molecule has 1 aromatic carbocycles. The molecule has 0 N–H and O–H groups in total. The topological polar surface area (TPSA) is 65.1 Å². The predicted molar refractivity (Wildman–Crippen MR) is 88.7 cm³/mol. The van der Waals surface area contributed by atoms with Gasteiger partial charge in [0.25, 0.3) is 11.1 Å². The van der Waals surface area contributed by atoms with E-state index in [4.69, 9.17) is 14.2 Å². The summed E-state index contributed by atoms with van der Waals surface area (Å²) in [6, 6.07) is 5.32. The molecule has 0 spiro atoms. The van der Waals surface area contributed by atoms with E-state index in [2.05, 4.69) is 0 Å². The van der Waals surface area contributed by atoms with Crippen molar-refractivity contribution in [3.63, 3.8) is 0 Å². The van der Waals surface area contributed by atoms with Gasteiger partial charge in [0.1, 0.15) is 0 Å². The van der Waals surface area contributed by atoms with Crippen molar-refractivity contribution in [2.24, 2.45) is 0 Å². The van der Waals surface area contributed by atoms with Crippen LogP contribution in [-0.4, -0.2) is 50.5 Å². The molecule has 2 amide bonds. The van der Waals surface area contributed by atoms with Gasteiger partial charge in [0.05, 0.1) is 19.1 Å². The van der Waals surface area contributed by atoms with E-state index >= 15 is 0 Å². The minimum Gasteiger partial charge on any atom is -0.493 e. The highest BCUT2D eigenvalue weighted by molar-refractivity contribution is 8.18. The van der Waals surface area contributed by atoms with Gasteiger partial charge >= 0.3 is 0 Å². The number of thioether (sulfide) groups is 1. The molecule has 1 heterocycles. The highest BCUT2D eigenvalue weighted by atomic mass is 32.2. The van der Waals surface area contributed by atoms with Crippen molar-refractivity contribution in [3.05, 3.63) is 28.7 Å². The smallest absolute Gasteiger partial charge is 0.293 e. The maximum Gasteiger partial charge on any atom is 0.293 e. The SMILES string of the molecule is COCCCN1C(=O)SC(=Cc2ccc(OC)c(OC)c2)C1=O. The Bertz CT molecular complexity index is 629. The molecule has 124 valence electrons. The Kier molecular flexibility index (Phi) is 6.06. The van der Waals surface area contributed by atoms with Crippen LogP contribution in [0.1, 0.15) is 12.0 Å². The zero-order valence-electron chi connectivity index (χ0n) is 13.3. The Hall–Kier alpha value is -1.99. The van der Waals surface area contributed by atoms with Crippen LogP contribution in [0.5, 0.6) is 11.5 Å². The van der Waals surface area contributed by atoms with Crippen molar-refractivity contribution >= 4 is 29.0 Å². The lowest BCUT2D eigenvalue weighted by Gasteiger charge is -2.11. The summed E-state index contributed by atoms with van der Waals surface area (Å²) in [5, 5.41) is -0.252. The summed E-state index contributed by atoms with van der Waals surface area (Å²) in [6.07, 6.45) is 2.31. The third-order valence-electron chi connectivity index (χ3n) is 3.31. The van der Waals surface area contributed by atoms with E-state index in [0.717, 1.165) is 17.3 Å². The van der Waals surface area contributed by atoms with Gasteiger partial charge in [0, 0.05) is 20.3 Å². The molecule has 1 aliphatic heterocycles. The minimum absolute atomic E-state index is 0.252. The van der Waals surface area contributed by atoms with Crippen molar-refractivity contribution in [3.8, 4) is 11.5 Å². The summed E-state index contributed by atoms with van der Waals surface area (Å²) in [6.45, 7) is 0.873. The molecule has 0 radical (unpaired) electrons. The lowest BCUT2D eigenvalue weighted by Crippen LogP contribution is -2.29. The number of nitrogens with zero attached hydrogens (tertiary/aromatic N) is 1. The van der Waals surface area contributed by atoms with Crippen molar-refractivity contribution in [1.82, 2.24) is 4.90 Å². The van der Waals surface area contributed by atoms with Crippen LogP contribution in [0.25, 0.3) is 6.08 Å². The minimum atomic E-state index is -0.272. The Morgan fingerprint density at radius 1 is 1.13 bits per heavy atom. The van der Waals surface area contributed by atoms with Crippen LogP contribution in [0.2, 0.25) is 0 Å². The second-order valence-electron chi connectivity index (χ2n) is 4.79. The number of carbonyl (C=O) groups excluding carboxylic acids is 2. The second-order valence-corrected chi connectivity index (χ2v) is 5.79. The molecule has 0 saturated carbocycles. The first kappa shape index (κ1) is 17.4. The number of rotatable bonds is 7. The van der Waals surface area contributed by atoms with Crippen LogP contribution in [0, 0.1) is 0 Å². The summed E-state index contributed by atoms with van der Waals surface area (Å²) in [7, 11) is 4.69. The Labute approximate surface area is 139 Å². The van der Waals surface area contributed by atoms with E-state index in [9.17, 15) is 9.59 Å². The molecule has 0 unspecified atom stereocenters. The summed E-state index contributed by atoms with van der Waals surface area (Å²) < 4.78 is 15.4. The first-order chi connectivity index (χ1) is 11.1. The fourth-order valence-corrected chi connectivity index (χ4v) is 3.02. The standard InChI is InChI=1S/C16H19NO5S/c1-20-8-4-7-17-15(18)14(23-16(17)19)10-11-5-6-12(21-2)13(9-11)22-3/h5-6,9-10H,4,7-8H2,1-3H3. The molecular weight excluding hydrogens is 318 g/mol. The lowest BCUT2D eigenvalue weighted by atomic mass is 10.2. The quantitative estimate of drug-likeness (QED) is 0.563. The number of imide groups is 1. The molecule has 1 saturated heterocycles. The molecule has 0 aliphatic carbocycles. The van der Waals surface area contributed by atoms with E-state index in [0.29, 0.717) is 36.0 Å². The van der Waals surface area contributed by atoms with Gasteiger partial charge in [-0.05, 0) is 42.0 Å². The maximum atomic E-state index is 12.3. The van der Waals surface area contributed by atoms with Crippen LogP contribution in [0.4, 0.5) is 4.79 Å². The molecule has 1 fully saturated rings. The molecule has 0 aromatic heterocycles. The number of methoxy groups -OCH3 is 3. The third kappa shape index (κ3) is 4.05. The predicted octanol–water partition coefficient (Wildman–Crippen LogP) is 2.78. The van der Waals surface area contributed by atoms with Crippen LogP contribution in [-0.2, 0) is 9.53 Å². The number of amides is 2. The number of hydrogen-bond acceptors (Lipinski definition) is 6. The fourth-order valence-electron chi connectivity index (χ4n) is 2.15. The Morgan fingerprint density at radius 3 is 2.52 bits per heavy atom. The average Bonchev–Trinajstić information content (AvgIpc) is 2.82. The zero-order valence-corrected chi connectivity index (χ0v) is 14.1. The van der Waals surface area contributed by atoms with Gasteiger partial charge in [0.15, 0.2) is 11.5 Å². The number of benzene rings is 1. The van der Waals surface area contributed by atoms with E-state index in [1.807, 2.05) is 0 Å². The number of hydrogen-bond donors (Lipinski definition) is 0. The fraction of sp³-hybridized carbons (Fsp3) is 0.375. The molecule has 6 nitrogen and oxygen atoms in total. The zero-order chi connectivity index (χ0) is 16.8. The van der Waals surface area contributed by atoms with E-state index in [1.54, 1.807) is 45.6 Å². The number of carbonyl (C=O) groups is 2. The normalized spacial score (nSPS) is 16.3. The van der Waals surface area contributed by atoms with Crippen LogP contribution in [0.15, 0.2) is 23.1 Å². The molecule has 2 rings (SSSR count). The van der Waals surface area contributed by atoms with E-state index in [-0.39, 0.29) is 11.1 Å². The molecule has 7 heteroatoms. The van der Waals surface area contributed by atoms with Crippen LogP contribution >= 0.6 is 11.8 Å². The lowest BCUT2D eigenvalue weighted by molar-refractivity contribution is -0.122. The average molecular weight is 337 g/mol. The monoisotopic (exact) mass is 337 g/mol. The summed E-state index contributed by atoms with van der Waals surface area (Å²) in [5.74, 6) is 0.906. The van der Waals surface area contributed by atoms with Gasteiger partial charge in [0.2, 0.25) is 0 Å². The largest absolute Gasteiger partial charge is 0.493 e. The van der Waals surface area contributed by atoms with Gasteiger partial charge in [-0.1, -0.05) is 6.07 Å². The van der Waals surface area contributed by atoms with Crippen molar-refractivity contribution in [1.29, 1.82) is 0 Å². The van der Waals surface area contributed by atoms with Crippen molar-refractivity contribution in [2.45, 2.75) is 6.42 Å². The molecule has 1 aliphatic rings. The molecule has 0 bridgehead atoms. The van der Waals surface area contributed by atoms with Crippen molar-refractivity contribution in [2.75, 3.05) is 34.5 Å². The highest BCUT2D eigenvalue weighted by Gasteiger charge is 2.34. The van der Waals surface area contributed by atoms with Gasteiger partial charge in [-0.25, -0.2) is 0 Å². The molecular formula is C16H19NO5S. The molecule has 0 atom stereocenters. The third-order valence-corrected chi connectivity index (χ3v) is 4.22. The van der Waals surface area contributed by atoms with E-state index in [1.165, 1.54) is 4.90 Å². The summed E-state index contributed by atoms with van der Waals surface area (Å²) in [4.78, 5) is 25.9. The van der Waals surface area contributed by atoms with Gasteiger partial charge in [-0.2, -0.15) is 0 Å². The first-order valence-corrected chi connectivity index (χ1v) is 7.88. The summed E-state index contributed by atoms with van der Waals surface area (Å²) in [5.41, 5.74) is 0.769. The first-order valence-electron chi connectivity index (χ1n) is 7.07. The molecule has 23 heavy (non-hydrogen) atoms. The van der Waals surface area contributed by atoms with Gasteiger partial charge in [-0.3, -0.25) is 14.5 Å². The van der Waals surface area contributed by atoms with Gasteiger partial charge in [-0.15, -0.1) is 0 Å². The van der Waals surface area contributed by atoms with Crippen LogP contribution in [0.3, 0.4) is 0 Å². The second kappa shape index (κ2) is 8.03. The maximum absolute atomic E-state index is 12.3. The Balaban J connectivity index is 2.17. The Morgan fingerprint density at radius 2 is 1.87 bits per heavy atom. The highest BCUT2D eigenvalue weighted by Crippen LogP contribution is 2.34. The van der Waals surface area contributed by atoms with Gasteiger partial charge < -0.3 is 14.2 Å². The van der Waals surface area contributed by atoms with E-state index < -0.39 is 0 Å². The number of ether oxygens (including phenoxy) is 3. The molecule has 1 aromatic rings. The van der Waals surface area contributed by atoms with Crippen molar-refractivity contribution < 1.29 is 23.8 Å². The van der Waals surface area contributed by atoms with Crippen LogP contribution < -0.4 is 9.47 Å². The summed E-state index contributed by atoms with van der Waals surface area (Å²) >= 11 is 0.944.